The Morgan fingerprint density at radius 3 is 2.86 bits per heavy atom. The highest BCUT2D eigenvalue weighted by Gasteiger charge is 2.22. The molecular weight excluding hydrogens is 280 g/mol. The lowest BCUT2D eigenvalue weighted by Crippen LogP contribution is -2.41. The highest BCUT2D eigenvalue weighted by Crippen LogP contribution is 2.22. The second-order valence-corrected chi connectivity index (χ2v) is 6.53. The first kappa shape index (κ1) is 16.2. The number of ether oxygens (including phenoxy) is 1. The number of nitrogens with zero attached hydrogens (tertiary/aromatic N) is 1. The first-order valence-corrected chi connectivity index (χ1v) is 8.24. The van der Waals surface area contributed by atoms with Crippen molar-refractivity contribution in [2.24, 2.45) is 11.7 Å². The average molecular weight is 306 g/mol. The molecule has 0 saturated carbocycles. The van der Waals surface area contributed by atoms with Gasteiger partial charge in [-0.1, -0.05) is 31.3 Å². The minimum atomic E-state index is 0.393. The number of para-hydroxylation sites is 1. The first-order valence-electron chi connectivity index (χ1n) is 7.83. The minimum Gasteiger partial charge on any atom is -0.493 e. The molecule has 1 aliphatic heterocycles. The molecular formula is C17H26N2OS. The predicted molar refractivity (Wildman–Crippen MR) is 91.9 cm³/mol. The van der Waals surface area contributed by atoms with Crippen LogP contribution < -0.4 is 10.5 Å². The zero-order valence-corrected chi connectivity index (χ0v) is 13.9. The normalized spacial score (nSPS) is 23.0. The zero-order chi connectivity index (χ0) is 15.2. The van der Waals surface area contributed by atoms with Crippen LogP contribution in [0, 0.1) is 5.92 Å². The van der Waals surface area contributed by atoms with Gasteiger partial charge in [-0.05, 0) is 44.2 Å². The molecule has 0 amide bonds. The highest BCUT2D eigenvalue weighted by molar-refractivity contribution is 7.80. The maximum absolute atomic E-state index is 5.86. The Morgan fingerprint density at radius 1 is 1.33 bits per heavy atom. The first-order chi connectivity index (χ1) is 10.1. The summed E-state index contributed by atoms with van der Waals surface area (Å²) in [6, 6.07) is 8.42. The van der Waals surface area contributed by atoms with Crippen molar-refractivity contribution in [2.45, 2.75) is 39.2 Å². The Bertz CT molecular complexity index is 478. The van der Waals surface area contributed by atoms with Crippen LogP contribution in [0.2, 0.25) is 0 Å². The van der Waals surface area contributed by atoms with E-state index in [-0.39, 0.29) is 0 Å². The van der Waals surface area contributed by atoms with Crippen LogP contribution in [0.25, 0.3) is 0 Å². The lowest BCUT2D eigenvalue weighted by molar-refractivity contribution is 0.116. The molecule has 0 spiro atoms. The van der Waals surface area contributed by atoms with E-state index in [1.165, 1.54) is 19.4 Å². The number of nitrogens with two attached hydrogens (primary N) is 1. The molecule has 0 aromatic heterocycles. The minimum absolute atomic E-state index is 0.393. The molecule has 1 aromatic carbocycles. The third kappa shape index (κ3) is 4.68. The van der Waals surface area contributed by atoms with E-state index in [9.17, 15) is 0 Å². The Labute approximate surface area is 133 Å². The number of likely N-dealkylation sites (tertiary alicyclic amines) is 1. The monoisotopic (exact) mass is 306 g/mol. The fourth-order valence-corrected chi connectivity index (χ4v) is 3.11. The summed E-state index contributed by atoms with van der Waals surface area (Å²) in [7, 11) is 0. The molecule has 0 aliphatic carbocycles. The van der Waals surface area contributed by atoms with Crippen molar-refractivity contribution in [1.82, 2.24) is 4.90 Å². The lowest BCUT2D eigenvalue weighted by Gasteiger charge is -2.36. The summed E-state index contributed by atoms with van der Waals surface area (Å²) < 4.78 is 5.86. The van der Waals surface area contributed by atoms with Crippen molar-refractivity contribution in [3.8, 4) is 5.75 Å². The van der Waals surface area contributed by atoms with Crippen molar-refractivity contribution < 1.29 is 4.74 Å². The molecule has 116 valence electrons. The molecule has 1 aromatic rings. The molecule has 0 radical (unpaired) electrons. The molecule has 2 N–H and O–H groups in total. The van der Waals surface area contributed by atoms with Crippen molar-refractivity contribution in [3.63, 3.8) is 0 Å². The van der Waals surface area contributed by atoms with E-state index in [2.05, 4.69) is 18.7 Å². The van der Waals surface area contributed by atoms with Crippen LogP contribution in [0.15, 0.2) is 24.3 Å². The van der Waals surface area contributed by atoms with Gasteiger partial charge in [0.2, 0.25) is 0 Å². The number of hydrogen-bond donors (Lipinski definition) is 1. The maximum atomic E-state index is 5.86. The Hall–Kier alpha value is -1.13. The van der Waals surface area contributed by atoms with E-state index in [4.69, 9.17) is 22.7 Å². The van der Waals surface area contributed by atoms with E-state index in [0.717, 1.165) is 30.2 Å². The molecule has 1 saturated heterocycles. The van der Waals surface area contributed by atoms with Crippen molar-refractivity contribution in [2.75, 3.05) is 19.7 Å². The van der Waals surface area contributed by atoms with E-state index < -0.39 is 0 Å². The molecule has 1 heterocycles. The van der Waals surface area contributed by atoms with E-state index in [0.29, 0.717) is 17.6 Å². The van der Waals surface area contributed by atoms with Crippen molar-refractivity contribution >= 4 is 17.2 Å². The van der Waals surface area contributed by atoms with Crippen LogP contribution >= 0.6 is 12.2 Å². The molecule has 21 heavy (non-hydrogen) atoms. The fraction of sp³-hybridized carbons (Fsp3) is 0.588. The zero-order valence-electron chi connectivity index (χ0n) is 13.0. The van der Waals surface area contributed by atoms with Crippen molar-refractivity contribution in [1.29, 1.82) is 0 Å². The van der Waals surface area contributed by atoms with Gasteiger partial charge in [-0.2, -0.15) is 0 Å². The molecule has 2 atom stereocenters. The Kier molecular flexibility index (Phi) is 6.00. The number of hydrogen-bond acceptors (Lipinski definition) is 3. The van der Waals surface area contributed by atoms with E-state index in [1.807, 2.05) is 24.3 Å². The van der Waals surface area contributed by atoms with Gasteiger partial charge in [-0.25, -0.2) is 0 Å². The summed E-state index contributed by atoms with van der Waals surface area (Å²) in [4.78, 5) is 2.97. The molecule has 2 unspecified atom stereocenters. The smallest absolute Gasteiger partial charge is 0.129 e. The van der Waals surface area contributed by atoms with Gasteiger partial charge in [-0.3, -0.25) is 0 Å². The summed E-state index contributed by atoms with van der Waals surface area (Å²) in [6.07, 6.45) is 3.70. The summed E-state index contributed by atoms with van der Waals surface area (Å²) in [6.45, 7) is 7.69. The summed E-state index contributed by atoms with van der Waals surface area (Å²) >= 11 is 5.05. The van der Waals surface area contributed by atoms with Gasteiger partial charge in [0.25, 0.3) is 0 Å². The van der Waals surface area contributed by atoms with Crippen LogP contribution in [0.4, 0.5) is 0 Å². The molecule has 3 nitrogen and oxygen atoms in total. The maximum Gasteiger partial charge on any atom is 0.129 e. The van der Waals surface area contributed by atoms with Gasteiger partial charge in [0.1, 0.15) is 10.7 Å². The number of rotatable bonds is 6. The SMILES string of the molecule is CC1CCC(C)N(CCCOc2ccccc2C(N)=S)C1. The van der Waals surface area contributed by atoms with Gasteiger partial charge in [0, 0.05) is 19.1 Å². The van der Waals surface area contributed by atoms with E-state index in [1.54, 1.807) is 0 Å². The van der Waals surface area contributed by atoms with Crippen LogP contribution in [-0.2, 0) is 0 Å². The standard InChI is InChI=1S/C17H26N2OS/c1-13-8-9-14(2)19(12-13)10-5-11-20-16-7-4-3-6-15(16)17(18)21/h3-4,6-7,13-14H,5,8-12H2,1-2H3,(H2,18,21). The van der Waals surface area contributed by atoms with E-state index >= 15 is 0 Å². The number of benzene rings is 1. The highest BCUT2D eigenvalue weighted by atomic mass is 32.1. The van der Waals surface area contributed by atoms with Gasteiger partial charge < -0.3 is 15.4 Å². The number of thiocarbonyl (C=S) groups is 1. The quantitative estimate of drug-likeness (QED) is 0.647. The van der Waals surface area contributed by atoms with Crippen LogP contribution in [-0.4, -0.2) is 35.6 Å². The second kappa shape index (κ2) is 7.76. The fourth-order valence-electron chi connectivity index (χ4n) is 2.94. The predicted octanol–water partition coefficient (Wildman–Crippen LogP) is 3.21. The third-order valence-electron chi connectivity index (χ3n) is 4.25. The Balaban J connectivity index is 1.78. The largest absolute Gasteiger partial charge is 0.493 e. The van der Waals surface area contributed by atoms with Gasteiger partial charge in [0.05, 0.1) is 12.2 Å². The topological polar surface area (TPSA) is 38.5 Å². The lowest BCUT2D eigenvalue weighted by atomic mass is 9.95. The van der Waals surface area contributed by atoms with Crippen molar-refractivity contribution in [3.05, 3.63) is 29.8 Å². The second-order valence-electron chi connectivity index (χ2n) is 6.09. The summed E-state index contributed by atoms with van der Waals surface area (Å²) in [5.74, 6) is 1.61. The third-order valence-corrected chi connectivity index (χ3v) is 4.47. The number of piperidine rings is 1. The molecule has 0 bridgehead atoms. The molecule has 2 rings (SSSR count). The molecule has 1 aliphatic rings. The molecule has 1 fully saturated rings. The van der Waals surface area contributed by atoms with Gasteiger partial charge in [-0.15, -0.1) is 0 Å². The Morgan fingerprint density at radius 2 is 2.10 bits per heavy atom. The van der Waals surface area contributed by atoms with Gasteiger partial charge in [0.15, 0.2) is 0 Å². The van der Waals surface area contributed by atoms with Crippen LogP contribution in [0.3, 0.4) is 0 Å². The van der Waals surface area contributed by atoms with Crippen LogP contribution in [0.5, 0.6) is 5.75 Å². The van der Waals surface area contributed by atoms with Gasteiger partial charge >= 0.3 is 0 Å². The summed E-state index contributed by atoms with van der Waals surface area (Å²) in [5.41, 5.74) is 6.54. The average Bonchev–Trinajstić information content (AvgIpc) is 2.47. The van der Waals surface area contributed by atoms with Crippen LogP contribution in [0.1, 0.15) is 38.7 Å². The summed E-state index contributed by atoms with van der Waals surface area (Å²) in [5, 5.41) is 0. The molecule has 4 heteroatoms.